The Morgan fingerprint density at radius 1 is 1.26 bits per heavy atom. The molecule has 0 aromatic rings. The van der Waals surface area contributed by atoms with Crippen LogP contribution in [0.3, 0.4) is 0 Å². The third kappa shape index (κ3) is 3.44. The van der Waals surface area contributed by atoms with Gasteiger partial charge in [0.15, 0.2) is 0 Å². The molecule has 4 N–H and O–H groups in total. The van der Waals surface area contributed by atoms with Gasteiger partial charge in [0.1, 0.15) is 6.04 Å². The standard InChI is InChI=1S/C12H20N4O3/c13-7-8-3-5-16(6-4-8)11(18)9-1-2-10(17)15-12(19)14-9/h8-9H,1-7,13H2,(H2,14,15,17,19). The molecule has 1 atom stereocenters. The zero-order valence-corrected chi connectivity index (χ0v) is 10.9. The van der Waals surface area contributed by atoms with E-state index in [1.807, 2.05) is 0 Å². The van der Waals surface area contributed by atoms with E-state index in [0.717, 1.165) is 12.8 Å². The maximum atomic E-state index is 12.3. The summed E-state index contributed by atoms with van der Waals surface area (Å²) >= 11 is 0. The van der Waals surface area contributed by atoms with Gasteiger partial charge in [0.2, 0.25) is 11.8 Å². The van der Waals surface area contributed by atoms with Crippen molar-refractivity contribution in [2.45, 2.75) is 31.7 Å². The van der Waals surface area contributed by atoms with Crippen LogP contribution >= 0.6 is 0 Å². The Labute approximate surface area is 111 Å². The number of piperidine rings is 1. The summed E-state index contributed by atoms with van der Waals surface area (Å²) in [5.74, 6) is 0.0472. The second kappa shape index (κ2) is 6.01. The lowest BCUT2D eigenvalue weighted by Gasteiger charge is -2.33. The Balaban J connectivity index is 1.92. The summed E-state index contributed by atoms with van der Waals surface area (Å²) in [5, 5.41) is 4.71. The number of hydrogen-bond donors (Lipinski definition) is 3. The third-order valence-corrected chi connectivity index (χ3v) is 3.78. The summed E-state index contributed by atoms with van der Waals surface area (Å²) in [5.41, 5.74) is 5.62. The van der Waals surface area contributed by atoms with Crippen LogP contribution in [0.2, 0.25) is 0 Å². The van der Waals surface area contributed by atoms with Crippen LogP contribution < -0.4 is 16.4 Å². The molecular formula is C12H20N4O3. The van der Waals surface area contributed by atoms with E-state index >= 15 is 0 Å². The van der Waals surface area contributed by atoms with Crippen molar-refractivity contribution in [3.05, 3.63) is 0 Å². The summed E-state index contributed by atoms with van der Waals surface area (Å²) in [7, 11) is 0. The molecular weight excluding hydrogens is 248 g/mol. The van der Waals surface area contributed by atoms with Crippen molar-refractivity contribution in [2.75, 3.05) is 19.6 Å². The van der Waals surface area contributed by atoms with Gasteiger partial charge < -0.3 is 16.0 Å². The number of carbonyl (C=O) groups excluding carboxylic acids is 3. The second-order valence-corrected chi connectivity index (χ2v) is 5.12. The quantitative estimate of drug-likeness (QED) is 0.608. The number of rotatable bonds is 2. The van der Waals surface area contributed by atoms with Gasteiger partial charge in [0.25, 0.3) is 0 Å². The molecule has 0 aromatic carbocycles. The van der Waals surface area contributed by atoms with Gasteiger partial charge in [-0.1, -0.05) is 0 Å². The van der Waals surface area contributed by atoms with E-state index in [9.17, 15) is 14.4 Å². The average molecular weight is 268 g/mol. The Bertz CT molecular complexity index is 377. The molecule has 7 nitrogen and oxygen atoms in total. The molecule has 19 heavy (non-hydrogen) atoms. The van der Waals surface area contributed by atoms with Crippen molar-refractivity contribution in [3.63, 3.8) is 0 Å². The highest BCUT2D eigenvalue weighted by atomic mass is 16.2. The van der Waals surface area contributed by atoms with Crippen LogP contribution in [0.25, 0.3) is 0 Å². The van der Waals surface area contributed by atoms with Gasteiger partial charge in [-0.05, 0) is 31.7 Å². The van der Waals surface area contributed by atoms with Gasteiger partial charge in [0, 0.05) is 19.5 Å². The van der Waals surface area contributed by atoms with Crippen LogP contribution in [-0.4, -0.2) is 48.4 Å². The van der Waals surface area contributed by atoms with Gasteiger partial charge in [0.05, 0.1) is 0 Å². The molecule has 0 aliphatic carbocycles. The summed E-state index contributed by atoms with van der Waals surface area (Å²) in [4.78, 5) is 36.6. The van der Waals surface area contributed by atoms with E-state index in [-0.39, 0.29) is 18.2 Å². The number of carbonyl (C=O) groups is 3. The number of nitrogens with zero attached hydrogens (tertiary/aromatic N) is 1. The van der Waals surface area contributed by atoms with Crippen LogP contribution in [0, 0.1) is 5.92 Å². The number of amides is 4. The molecule has 2 aliphatic rings. The second-order valence-electron chi connectivity index (χ2n) is 5.12. The highest BCUT2D eigenvalue weighted by Gasteiger charge is 2.31. The molecule has 2 saturated heterocycles. The van der Waals surface area contributed by atoms with E-state index in [0.29, 0.717) is 32.0 Å². The molecule has 2 heterocycles. The third-order valence-electron chi connectivity index (χ3n) is 3.78. The number of urea groups is 1. The van der Waals surface area contributed by atoms with Gasteiger partial charge in [-0.15, -0.1) is 0 Å². The van der Waals surface area contributed by atoms with E-state index in [1.165, 1.54) is 0 Å². The lowest BCUT2D eigenvalue weighted by molar-refractivity contribution is -0.134. The zero-order chi connectivity index (χ0) is 13.8. The molecule has 106 valence electrons. The van der Waals surface area contributed by atoms with Crippen LogP contribution in [0.4, 0.5) is 4.79 Å². The topological polar surface area (TPSA) is 105 Å². The molecule has 0 aromatic heterocycles. The lowest BCUT2D eigenvalue weighted by atomic mass is 9.96. The fraction of sp³-hybridized carbons (Fsp3) is 0.750. The molecule has 2 rings (SSSR count). The first kappa shape index (κ1) is 13.8. The predicted octanol–water partition coefficient (Wildman–Crippen LogP) is -0.828. The number of nitrogens with one attached hydrogen (secondary N) is 2. The molecule has 4 amide bonds. The predicted molar refractivity (Wildman–Crippen MR) is 68.1 cm³/mol. The summed E-state index contributed by atoms with van der Waals surface area (Å²) in [6.45, 7) is 2.00. The first-order valence-electron chi connectivity index (χ1n) is 6.69. The van der Waals surface area contributed by atoms with Crippen molar-refractivity contribution >= 4 is 17.8 Å². The number of imide groups is 1. The van der Waals surface area contributed by atoms with Crippen molar-refractivity contribution in [1.82, 2.24) is 15.5 Å². The van der Waals surface area contributed by atoms with Crippen molar-refractivity contribution in [2.24, 2.45) is 11.7 Å². The highest BCUT2D eigenvalue weighted by molar-refractivity contribution is 5.98. The van der Waals surface area contributed by atoms with E-state index in [4.69, 9.17) is 5.73 Å². The van der Waals surface area contributed by atoms with Crippen LogP contribution in [0.15, 0.2) is 0 Å². The lowest BCUT2D eigenvalue weighted by Crippen LogP contribution is -2.51. The number of likely N-dealkylation sites (tertiary alicyclic amines) is 1. The molecule has 7 heteroatoms. The monoisotopic (exact) mass is 268 g/mol. The maximum Gasteiger partial charge on any atom is 0.322 e. The summed E-state index contributed by atoms with van der Waals surface area (Å²) < 4.78 is 0. The first-order chi connectivity index (χ1) is 9.10. The minimum absolute atomic E-state index is 0.0969. The van der Waals surface area contributed by atoms with Gasteiger partial charge >= 0.3 is 6.03 Å². The molecule has 2 aliphatic heterocycles. The largest absolute Gasteiger partial charge is 0.341 e. The maximum absolute atomic E-state index is 12.3. The Morgan fingerprint density at radius 2 is 1.95 bits per heavy atom. The van der Waals surface area contributed by atoms with Gasteiger partial charge in [-0.2, -0.15) is 0 Å². The molecule has 0 saturated carbocycles. The molecule has 0 bridgehead atoms. The van der Waals surface area contributed by atoms with Crippen LogP contribution in [0.5, 0.6) is 0 Å². The number of hydrogen-bond acceptors (Lipinski definition) is 4. The molecule has 2 fully saturated rings. The summed E-state index contributed by atoms with van der Waals surface area (Å²) in [6, 6.07) is -1.18. The van der Waals surface area contributed by atoms with Crippen LogP contribution in [0.1, 0.15) is 25.7 Å². The fourth-order valence-electron chi connectivity index (χ4n) is 2.53. The molecule has 1 unspecified atom stereocenters. The van der Waals surface area contributed by atoms with Crippen molar-refractivity contribution in [1.29, 1.82) is 0 Å². The Kier molecular flexibility index (Phi) is 4.36. The number of nitrogens with two attached hydrogens (primary N) is 1. The summed E-state index contributed by atoms with van der Waals surface area (Å²) in [6.07, 6.45) is 2.35. The van der Waals surface area contributed by atoms with E-state index in [2.05, 4.69) is 10.6 Å². The van der Waals surface area contributed by atoms with Gasteiger partial charge in [-0.3, -0.25) is 14.9 Å². The van der Waals surface area contributed by atoms with Gasteiger partial charge in [-0.25, -0.2) is 4.79 Å². The van der Waals surface area contributed by atoms with Crippen molar-refractivity contribution < 1.29 is 14.4 Å². The van der Waals surface area contributed by atoms with E-state index < -0.39 is 12.1 Å². The Morgan fingerprint density at radius 3 is 2.58 bits per heavy atom. The normalized spacial score (nSPS) is 25.5. The fourth-order valence-corrected chi connectivity index (χ4v) is 2.53. The Hall–Kier alpha value is -1.63. The molecule has 0 radical (unpaired) electrons. The van der Waals surface area contributed by atoms with E-state index in [1.54, 1.807) is 4.90 Å². The zero-order valence-electron chi connectivity index (χ0n) is 10.9. The average Bonchev–Trinajstić information content (AvgIpc) is 2.59. The van der Waals surface area contributed by atoms with Crippen molar-refractivity contribution in [3.8, 4) is 0 Å². The SMILES string of the molecule is NCC1CCN(C(=O)C2CCC(=O)NC(=O)N2)CC1. The molecule has 0 spiro atoms. The minimum Gasteiger partial charge on any atom is -0.341 e. The highest BCUT2D eigenvalue weighted by Crippen LogP contribution is 2.17. The smallest absolute Gasteiger partial charge is 0.322 e. The first-order valence-corrected chi connectivity index (χ1v) is 6.69. The van der Waals surface area contributed by atoms with Crippen LogP contribution in [-0.2, 0) is 9.59 Å². The minimum atomic E-state index is -0.596.